The Morgan fingerprint density at radius 2 is 2.33 bits per heavy atom. The van der Waals surface area contributed by atoms with Crippen LogP contribution in [0.3, 0.4) is 0 Å². The summed E-state index contributed by atoms with van der Waals surface area (Å²) in [4.78, 5) is 0. The third-order valence-electron chi connectivity index (χ3n) is 3.30. The molecule has 1 fully saturated rings. The van der Waals surface area contributed by atoms with Crippen molar-refractivity contribution in [2.75, 3.05) is 24.4 Å². The van der Waals surface area contributed by atoms with Crippen LogP contribution in [-0.2, 0) is 11.2 Å². The highest BCUT2D eigenvalue weighted by Gasteiger charge is 2.21. The van der Waals surface area contributed by atoms with Crippen LogP contribution in [0.5, 0.6) is 5.75 Å². The van der Waals surface area contributed by atoms with Crippen molar-refractivity contribution in [3.63, 3.8) is 0 Å². The maximum atomic E-state index is 11.4. The number of hydrogen-bond acceptors (Lipinski definition) is 4. The fourth-order valence-electron chi connectivity index (χ4n) is 2.32. The van der Waals surface area contributed by atoms with Gasteiger partial charge in [-0.3, -0.25) is 4.72 Å². The van der Waals surface area contributed by atoms with Gasteiger partial charge >= 0.3 is 0 Å². The second-order valence-electron chi connectivity index (χ2n) is 4.68. The Kier molecular flexibility index (Phi) is 5.46. The van der Waals surface area contributed by atoms with Gasteiger partial charge in [0, 0.05) is 12.5 Å². The summed E-state index contributed by atoms with van der Waals surface area (Å²) in [5.74, 6) is 1.47. The molecule has 0 aliphatic carbocycles. The summed E-state index contributed by atoms with van der Waals surface area (Å²) in [5.41, 5.74) is 7.25. The maximum absolute atomic E-state index is 11.4. The molecule has 21 heavy (non-hydrogen) atoms. The van der Waals surface area contributed by atoms with Gasteiger partial charge in [0.25, 0.3) is 0 Å². The van der Waals surface area contributed by atoms with Gasteiger partial charge in [-0.15, -0.1) is 0 Å². The summed E-state index contributed by atoms with van der Waals surface area (Å²) in [6.45, 7) is 7.69. The van der Waals surface area contributed by atoms with E-state index in [-0.39, 0.29) is 5.84 Å². The smallest absolute Gasteiger partial charge is 0.245 e. The zero-order valence-electron chi connectivity index (χ0n) is 12.1. The summed E-state index contributed by atoms with van der Waals surface area (Å²) in [7, 11) is 0. The molecule has 0 saturated carbocycles. The summed E-state index contributed by atoms with van der Waals surface area (Å²) < 4.78 is 23.9. The lowest BCUT2D eigenvalue weighted by Crippen LogP contribution is -2.24. The molecular weight excluding hydrogens is 288 g/mol. The molecule has 1 aromatic rings. The normalized spacial score (nSPS) is 23.2. The summed E-state index contributed by atoms with van der Waals surface area (Å²) >= 11 is -1.50. The highest BCUT2D eigenvalue weighted by Crippen LogP contribution is 2.30. The van der Waals surface area contributed by atoms with Gasteiger partial charge in [0.05, 0.1) is 31.7 Å². The Labute approximate surface area is 127 Å². The Morgan fingerprint density at radius 1 is 1.52 bits per heavy atom. The van der Waals surface area contributed by atoms with E-state index in [1.54, 1.807) is 6.92 Å². The van der Waals surface area contributed by atoms with Gasteiger partial charge in [0.15, 0.2) is 0 Å². The largest absolute Gasteiger partial charge is 0.492 e. The minimum Gasteiger partial charge on any atom is -0.492 e. The quantitative estimate of drug-likeness (QED) is 0.733. The Bertz CT molecular complexity index is 542. The van der Waals surface area contributed by atoms with E-state index in [2.05, 4.69) is 21.4 Å². The van der Waals surface area contributed by atoms with Gasteiger partial charge in [-0.2, -0.15) is 4.40 Å². The van der Waals surface area contributed by atoms with Gasteiger partial charge < -0.3 is 15.8 Å². The molecule has 1 saturated heterocycles. The molecule has 0 aromatic heterocycles. The van der Waals surface area contributed by atoms with E-state index in [4.69, 9.17) is 10.5 Å². The fraction of sp³-hybridized carbons (Fsp3) is 0.429. The van der Waals surface area contributed by atoms with Crippen molar-refractivity contribution in [2.24, 2.45) is 16.0 Å². The predicted molar refractivity (Wildman–Crippen MR) is 86.4 cm³/mol. The molecule has 0 radical (unpaired) electrons. The minimum absolute atomic E-state index is 0.257. The molecule has 114 valence electrons. The van der Waals surface area contributed by atoms with Crippen molar-refractivity contribution in [3.05, 3.63) is 30.7 Å². The van der Waals surface area contributed by atoms with Crippen molar-refractivity contribution in [1.29, 1.82) is 0 Å². The summed E-state index contributed by atoms with van der Waals surface area (Å²) in [6.07, 6.45) is 1.13. The predicted octanol–water partition coefficient (Wildman–Crippen LogP) is 1.22. The van der Waals surface area contributed by atoms with Crippen LogP contribution >= 0.6 is 0 Å². The van der Waals surface area contributed by atoms with Gasteiger partial charge in [-0.1, -0.05) is 6.07 Å². The first-order valence-electron chi connectivity index (χ1n) is 6.94. The lowest BCUT2D eigenvalue weighted by molar-refractivity contribution is 0.260. The topological polar surface area (TPSA) is 88.7 Å². The lowest BCUT2D eigenvalue weighted by Gasteiger charge is -2.19. The van der Waals surface area contributed by atoms with Crippen LogP contribution in [0.15, 0.2) is 22.6 Å². The van der Waals surface area contributed by atoms with E-state index < -0.39 is 11.2 Å². The first-order chi connectivity index (χ1) is 10.2. The second kappa shape index (κ2) is 7.33. The molecule has 3 rings (SSSR count). The number of ether oxygens (including phenoxy) is 1. The number of anilines is 1. The molecule has 2 heterocycles. The van der Waals surface area contributed by atoms with E-state index in [9.17, 15) is 4.21 Å². The number of nitrogens with one attached hydrogen (secondary N) is 2. The van der Waals surface area contributed by atoms with Crippen molar-refractivity contribution in [3.8, 4) is 5.75 Å². The number of benzene rings is 1. The van der Waals surface area contributed by atoms with E-state index >= 15 is 0 Å². The second-order valence-corrected chi connectivity index (χ2v) is 5.56. The molecule has 1 aromatic carbocycles. The first kappa shape index (κ1) is 15.7. The molecule has 2 aliphatic heterocycles. The van der Waals surface area contributed by atoms with Crippen LogP contribution in [0.4, 0.5) is 5.69 Å². The molecule has 7 heteroatoms. The van der Waals surface area contributed by atoms with Crippen molar-refractivity contribution in [2.45, 2.75) is 13.3 Å². The van der Waals surface area contributed by atoms with Crippen molar-refractivity contribution < 1.29 is 8.95 Å². The number of fused-ring (bicyclic) bond motifs is 1. The average molecular weight is 309 g/mol. The first-order valence-corrected chi connectivity index (χ1v) is 8.05. The highest BCUT2D eigenvalue weighted by atomic mass is 32.2. The van der Waals surface area contributed by atoms with E-state index in [1.165, 1.54) is 0 Å². The molecule has 0 bridgehead atoms. The zero-order valence-corrected chi connectivity index (χ0v) is 12.9. The number of hydrogen-bond donors (Lipinski definition) is 3. The Hall–Kier alpha value is -1.73. The SMILES string of the molecule is NC1=NS(=O)Nc2cccc(OCC3CCNC3)c21.[CH2+]C. The van der Waals surface area contributed by atoms with Crippen molar-refractivity contribution >= 4 is 22.7 Å². The van der Waals surface area contributed by atoms with Crippen LogP contribution in [0.2, 0.25) is 0 Å². The molecule has 6 nitrogen and oxygen atoms in total. The summed E-state index contributed by atoms with van der Waals surface area (Å²) in [5, 5.41) is 3.30. The van der Waals surface area contributed by atoms with Crippen molar-refractivity contribution in [1.82, 2.24) is 5.32 Å². The Morgan fingerprint density at radius 3 is 3.05 bits per heavy atom. The third kappa shape index (κ3) is 3.68. The van der Waals surface area contributed by atoms with E-state index in [1.807, 2.05) is 18.2 Å². The Balaban J connectivity index is 0.000000774. The van der Waals surface area contributed by atoms with Crippen LogP contribution in [0, 0.1) is 12.8 Å². The average Bonchev–Trinajstić information content (AvgIpc) is 3.00. The summed E-state index contributed by atoms with van der Waals surface area (Å²) in [6, 6.07) is 5.53. The van der Waals surface area contributed by atoms with Gasteiger partial charge in [-0.05, 0) is 25.1 Å². The van der Waals surface area contributed by atoms with E-state index in [0.29, 0.717) is 29.5 Å². The molecule has 2 aliphatic rings. The number of amidine groups is 1. The fourth-order valence-corrected chi connectivity index (χ4v) is 2.99. The molecular formula is C14H21N4O2S+. The highest BCUT2D eigenvalue weighted by molar-refractivity contribution is 7.85. The van der Waals surface area contributed by atoms with E-state index in [0.717, 1.165) is 19.5 Å². The van der Waals surface area contributed by atoms with Crippen LogP contribution in [0.1, 0.15) is 18.9 Å². The van der Waals surface area contributed by atoms with Gasteiger partial charge in [-0.25, -0.2) is 4.21 Å². The van der Waals surface area contributed by atoms with Gasteiger partial charge in [0.1, 0.15) is 11.6 Å². The number of nitrogens with two attached hydrogens (primary N) is 1. The lowest BCUT2D eigenvalue weighted by atomic mass is 10.1. The standard InChI is InChI=1S/C12H16N4O2S.C2H5/c13-12-11-9(15-19(17)16-12)2-1-3-10(11)18-7-8-4-5-14-6-8;1-2/h1-3,8,14-15H,4-7H2,(H2,13,16);1H2,2H3/q;+1. The third-order valence-corrected chi connectivity index (χ3v) is 4.05. The van der Waals surface area contributed by atoms with Crippen LogP contribution in [0.25, 0.3) is 0 Å². The minimum atomic E-state index is -1.50. The zero-order chi connectivity index (χ0) is 15.2. The monoisotopic (exact) mass is 309 g/mol. The van der Waals surface area contributed by atoms with Crippen LogP contribution < -0.4 is 20.5 Å². The maximum Gasteiger partial charge on any atom is 0.245 e. The molecule has 2 unspecified atom stereocenters. The molecule has 4 N–H and O–H groups in total. The molecule has 2 atom stereocenters. The van der Waals surface area contributed by atoms with Crippen LogP contribution in [-0.4, -0.2) is 29.7 Å². The van der Waals surface area contributed by atoms with Gasteiger partial charge in [0.2, 0.25) is 11.2 Å². The molecule has 0 spiro atoms. The number of rotatable bonds is 3. The number of nitrogens with zero attached hydrogens (tertiary/aromatic N) is 1. The molecule has 0 amide bonds.